The molecule has 0 aliphatic carbocycles. The number of sulfonamides is 1. The van der Waals surface area contributed by atoms with Gasteiger partial charge in [-0.3, -0.25) is 10.1 Å². The van der Waals surface area contributed by atoms with Crippen LogP contribution in [0.3, 0.4) is 0 Å². The highest BCUT2D eigenvalue weighted by Crippen LogP contribution is 2.23. The monoisotopic (exact) mass is 378 g/mol. The second-order valence-corrected chi connectivity index (χ2v) is 8.18. The molecule has 8 nitrogen and oxygen atoms in total. The van der Waals surface area contributed by atoms with Crippen LogP contribution in [0.25, 0.3) is 0 Å². The van der Waals surface area contributed by atoms with Crippen LogP contribution in [0.1, 0.15) is 27.7 Å². The highest BCUT2D eigenvalue weighted by atomic mass is 32.2. The van der Waals surface area contributed by atoms with E-state index in [1.807, 2.05) is 27.7 Å². The van der Waals surface area contributed by atoms with E-state index in [4.69, 9.17) is 0 Å². The lowest BCUT2D eigenvalue weighted by atomic mass is 10.3. The van der Waals surface area contributed by atoms with Crippen molar-refractivity contribution in [2.24, 2.45) is 0 Å². The van der Waals surface area contributed by atoms with Gasteiger partial charge in [0.2, 0.25) is 10.0 Å². The van der Waals surface area contributed by atoms with Gasteiger partial charge in [0.15, 0.2) is 0 Å². The largest absolute Gasteiger partial charge is 0.340 e. The SMILES string of the molecule is CC(C)N(C(C)C)S(=O)(=O)c1ccc(Nc2cccc([N+](=O)[O-])c2)nc1. The first-order valence-electron chi connectivity index (χ1n) is 8.14. The number of rotatable bonds is 7. The first-order chi connectivity index (χ1) is 12.1. The Kier molecular flexibility index (Phi) is 5.94. The molecule has 0 radical (unpaired) electrons. The molecule has 1 aromatic heterocycles. The summed E-state index contributed by atoms with van der Waals surface area (Å²) in [5, 5.41) is 13.8. The summed E-state index contributed by atoms with van der Waals surface area (Å²) >= 11 is 0. The Morgan fingerprint density at radius 3 is 2.27 bits per heavy atom. The Balaban J connectivity index is 2.25. The van der Waals surface area contributed by atoms with Crippen LogP contribution in [0, 0.1) is 10.1 Å². The van der Waals surface area contributed by atoms with Crippen LogP contribution in [0.5, 0.6) is 0 Å². The van der Waals surface area contributed by atoms with Crippen LogP contribution in [0.2, 0.25) is 0 Å². The fraction of sp³-hybridized carbons (Fsp3) is 0.353. The lowest BCUT2D eigenvalue weighted by Crippen LogP contribution is -2.41. The third kappa shape index (κ3) is 4.36. The zero-order chi connectivity index (χ0) is 19.5. The van der Waals surface area contributed by atoms with E-state index in [9.17, 15) is 18.5 Å². The van der Waals surface area contributed by atoms with Gasteiger partial charge in [-0.15, -0.1) is 0 Å². The molecule has 1 heterocycles. The van der Waals surface area contributed by atoms with Crippen molar-refractivity contribution in [2.75, 3.05) is 5.32 Å². The molecule has 0 amide bonds. The molecule has 2 rings (SSSR count). The van der Waals surface area contributed by atoms with Crippen molar-refractivity contribution in [2.45, 2.75) is 44.7 Å². The van der Waals surface area contributed by atoms with E-state index in [0.29, 0.717) is 11.5 Å². The van der Waals surface area contributed by atoms with Crippen molar-refractivity contribution in [3.63, 3.8) is 0 Å². The van der Waals surface area contributed by atoms with Gasteiger partial charge in [0.25, 0.3) is 5.69 Å². The molecule has 0 aliphatic rings. The summed E-state index contributed by atoms with van der Waals surface area (Å²) in [6.45, 7) is 7.29. The molecule has 140 valence electrons. The number of anilines is 2. The first kappa shape index (κ1) is 19.8. The van der Waals surface area contributed by atoms with Crippen molar-refractivity contribution in [1.29, 1.82) is 0 Å². The molecule has 0 spiro atoms. The quantitative estimate of drug-likeness (QED) is 0.583. The van der Waals surface area contributed by atoms with Gasteiger partial charge >= 0.3 is 0 Å². The minimum atomic E-state index is -3.65. The number of hydrogen-bond acceptors (Lipinski definition) is 6. The molecular weight excluding hydrogens is 356 g/mol. The van der Waals surface area contributed by atoms with E-state index in [2.05, 4.69) is 10.3 Å². The molecule has 1 N–H and O–H groups in total. The van der Waals surface area contributed by atoms with Crippen LogP contribution >= 0.6 is 0 Å². The van der Waals surface area contributed by atoms with Gasteiger partial charge in [0.05, 0.1) is 4.92 Å². The fourth-order valence-corrected chi connectivity index (χ4v) is 4.50. The Labute approximate surface area is 153 Å². The summed E-state index contributed by atoms with van der Waals surface area (Å²) in [6, 6.07) is 8.64. The zero-order valence-corrected chi connectivity index (χ0v) is 15.9. The number of nitrogens with zero attached hydrogens (tertiary/aromatic N) is 3. The van der Waals surface area contributed by atoms with E-state index in [1.165, 1.54) is 34.8 Å². The summed E-state index contributed by atoms with van der Waals surface area (Å²) in [7, 11) is -3.65. The second-order valence-electron chi connectivity index (χ2n) is 6.33. The minimum Gasteiger partial charge on any atom is -0.340 e. The van der Waals surface area contributed by atoms with Gasteiger partial charge < -0.3 is 5.32 Å². The second kappa shape index (κ2) is 7.79. The van der Waals surface area contributed by atoms with E-state index in [1.54, 1.807) is 12.1 Å². The minimum absolute atomic E-state index is 0.0429. The van der Waals surface area contributed by atoms with Gasteiger partial charge in [0.1, 0.15) is 10.7 Å². The molecule has 9 heteroatoms. The normalized spacial score (nSPS) is 12.0. The van der Waals surface area contributed by atoms with Gasteiger partial charge in [0, 0.05) is 36.1 Å². The number of nitro groups is 1. The maximum Gasteiger partial charge on any atom is 0.271 e. The smallest absolute Gasteiger partial charge is 0.271 e. The molecule has 0 atom stereocenters. The van der Waals surface area contributed by atoms with Crippen molar-refractivity contribution in [3.05, 3.63) is 52.7 Å². The lowest BCUT2D eigenvalue weighted by Gasteiger charge is -2.29. The Hall–Kier alpha value is -2.52. The number of nitro benzene ring substituents is 1. The molecule has 0 fully saturated rings. The average molecular weight is 378 g/mol. The van der Waals surface area contributed by atoms with E-state index in [0.717, 1.165) is 0 Å². The summed E-state index contributed by atoms with van der Waals surface area (Å²) < 4.78 is 27.0. The summed E-state index contributed by atoms with van der Waals surface area (Å²) in [5.41, 5.74) is 0.451. The molecule has 26 heavy (non-hydrogen) atoms. The maximum atomic E-state index is 12.8. The highest BCUT2D eigenvalue weighted by molar-refractivity contribution is 7.89. The van der Waals surface area contributed by atoms with Crippen LogP contribution in [-0.2, 0) is 10.0 Å². The zero-order valence-electron chi connectivity index (χ0n) is 15.1. The van der Waals surface area contributed by atoms with Gasteiger partial charge in [-0.2, -0.15) is 4.31 Å². The number of hydrogen-bond donors (Lipinski definition) is 1. The van der Waals surface area contributed by atoms with Crippen molar-refractivity contribution in [3.8, 4) is 0 Å². The third-order valence-corrected chi connectivity index (χ3v) is 5.89. The van der Waals surface area contributed by atoms with Crippen LogP contribution in [0.4, 0.5) is 17.2 Å². The van der Waals surface area contributed by atoms with Crippen molar-refractivity contribution >= 4 is 27.2 Å². The van der Waals surface area contributed by atoms with Crippen molar-refractivity contribution in [1.82, 2.24) is 9.29 Å². The molecular formula is C17H22N4O4S. The molecule has 1 aromatic carbocycles. The van der Waals surface area contributed by atoms with Crippen molar-refractivity contribution < 1.29 is 13.3 Å². The lowest BCUT2D eigenvalue weighted by molar-refractivity contribution is -0.384. The van der Waals surface area contributed by atoms with E-state index >= 15 is 0 Å². The van der Waals surface area contributed by atoms with Crippen LogP contribution in [-0.4, -0.2) is 34.7 Å². The summed E-state index contributed by atoms with van der Waals surface area (Å²) in [6.07, 6.45) is 1.28. The number of aromatic nitrogens is 1. The number of non-ortho nitro benzene ring substituents is 1. The topological polar surface area (TPSA) is 105 Å². The molecule has 0 saturated heterocycles. The Bertz CT molecular complexity index is 872. The van der Waals surface area contributed by atoms with Crippen LogP contribution < -0.4 is 5.32 Å². The van der Waals surface area contributed by atoms with Gasteiger partial charge in [-0.1, -0.05) is 6.07 Å². The summed E-state index contributed by atoms with van der Waals surface area (Å²) in [4.78, 5) is 14.6. The Morgan fingerprint density at radius 2 is 1.77 bits per heavy atom. The number of benzene rings is 1. The van der Waals surface area contributed by atoms with E-state index < -0.39 is 14.9 Å². The Morgan fingerprint density at radius 1 is 1.12 bits per heavy atom. The van der Waals surface area contributed by atoms with E-state index in [-0.39, 0.29) is 22.7 Å². The predicted molar refractivity (Wildman–Crippen MR) is 99.9 cm³/mol. The molecule has 0 aliphatic heterocycles. The summed E-state index contributed by atoms with van der Waals surface area (Å²) in [5.74, 6) is 0.394. The number of pyridine rings is 1. The third-order valence-electron chi connectivity index (χ3n) is 3.66. The predicted octanol–water partition coefficient (Wildman–Crippen LogP) is 3.54. The molecule has 0 bridgehead atoms. The van der Waals surface area contributed by atoms with Crippen LogP contribution in [0.15, 0.2) is 47.5 Å². The number of nitrogens with one attached hydrogen (secondary N) is 1. The average Bonchev–Trinajstić information content (AvgIpc) is 2.54. The van der Waals surface area contributed by atoms with Gasteiger partial charge in [-0.25, -0.2) is 13.4 Å². The van der Waals surface area contributed by atoms with Gasteiger partial charge in [-0.05, 0) is 45.9 Å². The molecule has 2 aromatic rings. The first-order valence-corrected chi connectivity index (χ1v) is 9.58. The fourth-order valence-electron chi connectivity index (χ4n) is 2.73. The maximum absolute atomic E-state index is 12.8. The highest BCUT2D eigenvalue weighted by Gasteiger charge is 2.29. The molecule has 0 saturated carbocycles. The molecule has 0 unspecified atom stereocenters. The standard InChI is InChI=1S/C17H22N4O4S/c1-12(2)20(13(3)4)26(24,25)16-8-9-17(18-11-16)19-14-6-5-7-15(10-14)21(22)23/h5-13H,1-4H3,(H,18,19).